The molecular weight excluding hydrogens is 231 g/mol. The van der Waals surface area contributed by atoms with Gasteiger partial charge in [-0.3, -0.25) is 4.79 Å². The number of halogens is 4. The zero-order valence-corrected chi connectivity index (χ0v) is 8.43. The van der Waals surface area contributed by atoms with Crippen LogP contribution in [0.4, 0.5) is 18.9 Å². The van der Waals surface area contributed by atoms with Gasteiger partial charge in [0.15, 0.2) is 0 Å². The molecular formula is C9H7ClF3NO. The van der Waals surface area contributed by atoms with Crippen molar-refractivity contribution >= 4 is 23.4 Å². The van der Waals surface area contributed by atoms with Crippen LogP contribution in [0.3, 0.4) is 0 Å². The summed E-state index contributed by atoms with van der Waals surface area (Å²) in [4.78, 5) is 10.8. The van der Waals surface area contributed by atoms with Crippen LogP contribution in [0.5, 0.6) is 0 Å². The van der Waals surface area contributed by atoms with Crippen LogP contribution in [0, 0.1) is 0 Å². The number of carbonyl (C=O) groups is 1. The van der Waals surface area contributed by atoms with Gasteiger partial charge in [-0.05, 0) is 18.2 Å². The van der Waals surface area contributed by atoms with Crippen LogP contribution < -0.4 is 4.42 Å². The van der Waals surface area contributed by atoms with Crippen LogP contribution >= 0.6 is 11.8 Å². The molecule has 0 spiro atoms. The summed E-state index contributed by atoms with van der Waals surface area (Å²) in [5.41, 5.74) is -0.842. The molecule has 0 saturated carbocycles. The first-order valence-corrected chi connectivity index (χ1v) is 4.30. The summed E-state index contributed by atoms with van der Waals surface area (Å²) in [6, 6.07) is 4.24. The third kappa shape index (κ3) is 2.86. The van der Waals surface area contributed by atoms with Gasteiger partial charge in [-0.1, -0.05) is 6.07 Å². The summed E-state index contributed by atoms with van der Waals surface area (Å²) >= 11 is 5.48. The molecule has 0 N–H and O–H groups in total. The van der Waals surface area contributed by atoms with Crippen LogP contribution in [0.25, 0.3) is 0 Å². The van der Waals surface area contributed by atoms with Crippen LogP contribution in [0.1, 0.15) is 12.5 Å². The smallest absolute Gasteiger partial charge is 0.274 e. The molecule has 0 heterocycles. The molecule has 0 aliphatic rings. The Kier molecular flexibility index (Phi) is 3.24. The van der Waals surface area contributed by atoms with Gasteiger partial charge < -0.3 is 0 Å². The van der Waals surface area contributed by atoms with Crippen molar-refractivity contribution in [3.05, 3.63) is 29.8 Å². The van der Waals surface area contributed by atoms with Crippen LogP contribution in [-0.4, -0.2) is 5.91 Å². The van der Waals surface area contributed by atoms with Crippen molar-refractivity contribution in [3.63, 3.8) is 0 Å². The lowest BCUT2D eigenvalue weighted by molar-refractivity contribution is -0.137. The summed E-state index contributed by atoms with van der Waals surface area (Å²) < 4.78 is 37.5. The molecule has 82 valence electrons. The normalized spacial score (nSPS) is 11.3. The van der Waals surface area contributed by atoms with Gasteiger partial charge in [-0.15, -0.1) is 0 Å². The molecule has 1 aromatic rings. The number of carbonyl (C=O) groups excluding carboxylic acids is 1. The highest BCUT2D eigenvalue weighted by Crippen LogP contribution is 2.31. The first-order valence-electron chi connectivity index (χ1n) is 3.96. The van der Waals surface area contributed by atoms with Crippen LogP contribution in [0.15, 0.2) is 24.3 Å². The minimum absolute atomic E-state index is 0.000934. The maximum absolute atomic E-state index is 12.3. The van der Waals surface area contributed by atoms with Gasteiger partial charge in [0.25, 0.3) is 0 Å². The van der Waals surface area contributed by atoms with Gasteiger partial charge in [0, 0.05) is 18.7 Å². The van der Waals surface area contributed by atoms with E-state index in [1.54, 1.807) is 0 Å². The molecule has 0 bridgehead atoms. The Labute approximate surface area is 89.4 Å². The van der Waals surface area contributed by atoms with Crippen LogP contribution in [0.2, 0.25) is 0 Å². The molecule has 0 atom stereocenters. The molecule has 0 aromatic heterocycles. The Hall–Kier alpha value is -1.23. The number of hydrogen-bond donors (Lipinski definition) is 0. The maximum atomic E-state index is 12.3. The fourth-order valence-electron chi connectivity index (χ4n) is 0.986. The van der Waals surface area contributed by atoms with E-state index in [-0.39, 0.29) is 5.69 Å². The van der Waals surface area contributed by atoms with Gasteiger partial charge in [0.05, 0.1) is 11.3 Å². The molecule has 2 nitrogen and oxygen atoms in total. The third-order valence-corrected chi connectivity index (χ3v) is 2.11. The zero-order valence-electron chi connectivity index (χ0n) is 7.68. The molecule has 15 heavy (non-hydrogen) atoms. The lowest BCUT2D eigenvalue weighted by Gasteiger charge is -2.13. The van der Waals surface area contributed by atoms with Crippen molar-refractivity contribution in [1.29, 1.82) is 0 Å². The molecule has 6 heteroatoms. The van der Waals surface area contributed by atoms with E-state index in [1.807, 2.05) is 0 Å². The SMILES string of the molecule is CC(=O)N(Cl)c1cccc(C(F)(F)F)c1. The van der Waals surface area contributed by atoms with E-state index in [2.05, 4.69) is 0 Å². The molecule has 0 aliphatic heterocycles. The van der Waals surface area contributed by atoms with Gasteiger partial charge in [-0.2, -0.15) is 13.2 Å². The molecule has 0 saturated heterocycles. The minimum atomic E-state index is -4.44. The van der Waals surface area contributed by atoms with Crippen molar-refractivity contribution in [3.8, 4) is 0 Å². The number of nitrogens with zero attached hydrogens (tertiary/aromatic N) is 1. The second kappa shape index (κ2) is 4.10. The monoisotopic (exact) mass is 237 g/mol. The molecule has 0 radical (unpaired) electrons. The van der Waals surface area contributed by atoms with E-state index in [1.165, 1.54) is 12.1 Å². The highest BCUT2D eigenvalue weighted by atomic mass is 35.5. The topological polar surface area (TPSA) is 20.3 Å². The lowest BCUT2D eigenvalue weighted by atomic mass is 10.2. The summed E-state index contributed by atoms with van der Waals surface area (Å²) in [7, 11) is 0. The van der Waals surface area contributed by atoms with Gasteiger partial charge >= 0.3 is 6.18 Å². The van der Waals surface area contributed by atoms with Gasteiger partial charge in [0.2, 0.25) is 5.91 Å². The lowest BCUT2D eigenvalue weighted by Crippen LogP contribution is -2.17. The van der Waals surface area contributed by atoms with Gasteiger partial charge in [0.1, 0.15) is 0 Å². The highest BCUT2D eigenvalue weighted by Gasteiger charge is 2.30. The van der Waals surface area contributed by atoms with Crippen molar-refractivity contribution in [2.45, 2.75) is 13.1 Å². The highest BCUT2D eigenvalue weighted by molar-refractivity contribution is 6.36. The number of anilines is 1. The van der Waals surface area contributed by atoms with E-state index < -0.39 is 17.6 Å². The summed E-state index contributed by atoms with van der Waals surface area (Å²) in [6.45, 7) is 1.16. The number of rotatable bonds is 1. The quantitative estimate of drug-likeness (QED) is 0.687. The Balaban J connectivity index is 3.08. The van der Waals surface area contributed by atoms with E-state index in [0.29, 0.717) is 4.42 Å². The maximum Gasteiger partial charge on any atom is 0.416 e. The fraction of sp³-hybridized carbons (Fsp3) is 0.222. The number of benzene rings is 1. The Morgan fingerprint density at radius 3 is 2.47 bits per heavy atom. The third-order valence-electron chi connectivity index (χ3n) is 1.68. The Morgan fingerprint density at radius 1 is 1.40 bits per heavy atom. The minimum Gasteiger partial charge on any atom is -0.274 e. The first kappa shape index (κ1) is 11.8. The molecule has 1 aromatic carbocycles. The second-order valence-electron chi connectivity index (χ2n) is 2.85. The van der Waals surface area contributed by atoms with Crippen LogP contribution in [-0.2, 0) is 11.0 Å². The number of amides is 1. The van der Waals surface area contributed by atoms with Crippen molar-refractivity contribution in [2.24, 2.45) is 0 Å². The van der Waals surface area contributed by atoms with E-state index in [9.17, 15) is 18.0 Å². The molecule has 1 amide bonds. The molecule has 1 rings (SSSR count). The number of hydrogen-bond acceptors (Lipinski definition) is 1. The summed E-state index contributed by atoms with van der Waals surface area (Å²) in [6.07, 6.45) is -4.44. The van der Waals surface area contributed by atoms with E-state index >= 15 is 0 Å². The first-order chi connectivity index (χ1) is 6.82. The largest absolute Gasteiger partial charge is 0.416 e. The number of alkyl halides is 3. The fourth-order valence-corrected chi connectivity index (χ4v) is 1.09. The van der Waals surface area contributed by atoms with Gasteiger partial charge in [-0.25, -0.2) is 4.42 Å². The van der Waals surface area contributed by atoms with E-state index in [4.69, 9.17) is 11.8 Å². The van der Waals surface area contributed by atoms with Crippen molar-refractivity contribution < 1.29 is 18.0 Å². The van der Waals surface area contributed by atoms with Crippen molar-refractivity contribution in [2.75, 3.05) is 4.42 Å². The zero-order chi connectivity index (χ0) is 11.6. The summed E-state index contributed by atoms with van der Waals surface area (Å²) in [5, 5.41) is 0. The Bertz CT molecular complexity index is 378. The van der Waals surface area contributed by atoms with Crippen molar-refractivity contribution in [1.82, 2.24) is 0 Å². The average Bonchev–Trinajstić information content (AvgIpc) is 2.15. The molecule has 0 aliphatic carbocycles. The Morgan fingerprint density at radius 2 is 2.00 bits per heavy atom. The predicted octanol–water partition coefficient (Wildman–Crippen LogP) is 3.21. The average molecular weight is 238 g/mol. The van der Waals surface area contributed by atoms with E-state index in [0.717, 1.165) is 19.1 Å². The molecule has 0 fully saturated rings. The summed E-state index contributed by atoms with van der Waals surface area (Å²) in [5.74, 6) is -0.545. The molecule has 0 unspecified atom stereocenters. The standard InChI is InChI=1S/C9H7ClF3NO/c1-6(15)14(10)8-4-2-3-7(5-8)9(11,12)13/h2-5H,1H3. The second-order valence-corrected chi connectivity index (χ2v) is 3.19. The predicted molar refractivity (Wildman–Crippen MR) is 50.5 cm³/mol.